The Balaban J connectivity index is 1.38. The molecular weight excluding hydrogens is 406 g/mol. The van der Waals surface area contributed by atoms with E-state index in [0.717, 1.165) is 22.3 Å². The first-order valence-electron chi connectivity index (χ1n) is 9.55. The molecule has 0 spiro atoms. The van der Waals surface area contributed by atoms with Gasteiger partial charge in [0.15, 0.2) is 0 Å². The van der Waals surface area contributed by atoms with E-state index in [1.54, 1.807) is 6.20 Å². The van der Waals surface area contributed by atoms with Crippen LogP contribution in [0.5, 0.6) is 0 Å². The Morgan fingerprint density at radius 1 is 1.13 bits per heavy atom. The number of fused-ring (bicyclic) bond motifs is 3. The zero-order valence-corrected chi connectivity index (χ0v) is 16.7. The number of carboxylic acid groups (broad SMARTS) is 1. The van der Waals surface area contributed by atoms with Crippen molar-refractivity contribution in [2.24, 2.45) is 0 Å². The Morgan fingerprint density at radius 2 is 1.77 bits per heavy atom. The van der Waals surface area contributed by atoms with Crippen LogP contribution in [0, 0.1) is 0 Å². The number of aliphatic carboxylic acids is 1. The number of alkyl carbamates (subject to hydrolysis) is 1. The first-order chi connectivity index (χ1) is 14.5. The number of aryl methyl sites for hydroxylation is 1. The molecule has 1 aromatic heterocycles. The maximum atomic E-state index is 12.3. The quantitative estimate of drug-likeness (QED) is 0.598. The van der Waals surface area contributed by atoms with Crippen molar-refractivity contribution in [3.8, 4) is 11.1 Å². The standard InChI is InChI=1S/C22H20ClN3O4/c23-14-11-24-26(12-14)10-9-20(21(27)28)25-22(29)30-13-19-17-7-3-1-5-15(17)16-6-2-4-8-18(16)19/h1-8,11-12,19-20H,9-10,13H2,(H,25,29)(H,27,28). The molecule has 30 heavy (non-hydrogen) atoms. The van der Waals surface area contributed by atoms with E-state index in [1.165, 1.54) is 10.9 Å². The molecule has 0 aliphatic heterocycles. The molecule has 3 aromatic rings. The van der Waals surface area contributed by atoms with Crippen molar-refractivity contribution in [3.63, 3.8) is 0 Å². The van der Waals surface area contributed by atoms with Gasteiger partial charge in [-0.2, -0.15) is 5.10 Å². The highest BCUT2D eigenvalue weighted by Gasteiger charge is 2.29. The van der Waals surface area contributed by atoms with E-state index in [0.29, 0.717) is 11.6 Å². The van der Waals surface area contributed by atoms with E-state index in [2.05, 4.69) is 22.5 Å². The second-order valence-corrected chi connectivity index (χ2v) is 7.51. The second kappa shape index (κ2) is 8.59. The average molecular weight is 426 g/mol. The summed E-state index contributed by atoms with van der Waals surface area (Å²) in [4.78, 5) is 23.8. The van der Waals surface area contributed by atoms with Crippen LogP contribution in [0.3, 0.4) is 0 Å². The number of carbonyl (C=O) groups excluding carboxylic acids is 1. The van der Waals surface area contributed by atoms with Gasteiger partial charge < -0.3 is 15.2 Å². The maximum Gasteiger partial charge on any atom is 0.407 e. The van der Waals surface area contributed by atoms with Gasteiger partial charge in [0.1, 0.15) is 12.6 Å². The van der Waals surface area contributed by atoms with Crippen molar-refractivity contribution in [1.82, 2.24) is 15.1 Å². The number of hydrogen-bond donors (Lipinski definition) is 2. The van der Waals surface area contributed by atoms with Crippen LogP contribution in [0.25, 0.3) is 11.1 Å². The van der Waals surface area contributed by atoms with E-state index >= 15 is 0 Å². The van der Waals surface area contributed by atoms with Crippen molar-refractivity contribution in [1.29, 1.82) is 0 Å². The molecule has 0 radical (unpaired) electrons. The average Bonchev–Trinajstić information content (AvgIpc) is 3.30. The van der Waals surface area contributed by atoms with E-state index in [4.69, 9.17) is 16.3 Å². The summed E-state index contributed by atoms with van der Waals surface area (Å²) >= 11 is 5.81. The van der Waals surface area contributed by atoms with Gasteiger partial charge in [0, 0.05) is 18.7 Å². The van der Waals surface area contributed by atoms with E-state index in [-0.39, 0.29) is 18.9 Å². The summed E-state index contributed by atoms with van der Waals surface area (Å²) in [5, 5.41) is 16.3. The fourth-order valence-corrected chi connectivity index (χ4v) is 3.92. The van der Waals surface area contributed by atoms with Gasteiger partial charge >= 0.3 is 12.1 Å². The summed E-state index contributed by atoms with van der Waals surface area (Å²) in [6, 6.07) is 14.9. The van der Waals surface area contributed by atoms with Crippen molar-refractivity contribution in [2.75, 3.05) is 6.61 Å². The van der Waals surface area contributed by atoms with E-state index in [9.17, 15) is 14.7 Å². The molecule has 0 saturated carbocycles. The van der Waals surface area contributed by atoms with Crippen LogP contribution >= 0.6 is 11.6 Å². The van der Waals surface area contributed by atoms with Crippen LogP contribution in [-0.2, 0) is 16.1 Å². The number of carbonyl (C=O) groups is 2. The molecule has 1 aliphatic rings. The lowest BCUT2D eigenvalue weighted by Crippen LogP contribution is -2.42. The van der Waals surface area contributed by atoms with E-state index < -0.39 is 18.1 Å². The number of halogens is 1. The number of ether oxygens (including phenoxy) is 1. The number of benzene rings is 2. The van der Waals surface area contributed by atoms with Gasteiger partial charge in [-0.1, -0.05) is 60.1 Å². The van der Waals surface area contributed by atoms with Crippen molar-refractivity contribution in [2.45, 2.75) is 24.9 Å². The van der Waals surface area contributed by atoms with Crippen molar-refractivity contribution < 1.29 is 19.4 Å². The molecule has 2 aromatic carbocycles. The summed E-state index contributed by atoms with van der Waals surface area (Å²) in [6.07, 6.45) is 2.45. The van der Waals surface area contributed by atoms with Gasteiger partial charge in [0.25, 0.3) is 0 Å². The summed E-state index contributed by atoms with van der Waals surface area (Å²) in [5.74, 6) is -1.22. The number of nitrogens with zero attached hydrogens (tertiary/aromatic N) is 2. The number of hydrogen-bond acceptors (Lipinski definition) is 4. The van der Waals surface area contributed by atoms with Gasteiger partial charge in [-0.25, -0.2) is 9.59 Å². The zero-order valence-electron chi connectivity index (χ0n) is 16.0. The van der Waals surface area contributed by atoms with Gasteiger partial charge in [0.05, 0.1) is 11.2 Å². The molecule has 0 saturated heterocycles. The Bertz CT molecular complexity index is 1040. The largest absolute Gasteiger partial charge is 0.480 e. The fourth-order valence-electron chi connectivity index (χ4n) is 3.76. The lowest BCUT2D eigenvalue weighted by Gasteiger charge is -2.17. The molecule has 8 heteroatoms. The minimum Gasteiger partial charge on any atom is -0.480 e. The summed E-state index contributed by atoms with van der Waals surface area (Å²) < 4.78 is 6.95. The van der Waals surface area contributed by atoms with Gasteiger partial charge in [0.2, 0.25) is 0 Å². The lowest BCUT2D eigenvalue weighted by atomic mass is 9.98. The van der Waals surface area contributed by atoms with Crippen LogP contribution < -0.4 is 5.32 Å². The third-order valence-electron chi connectivity index (χ3n) is 5.18. The Kier molecular flexibility index (Phi) is 5.72. The highest BCUT2D eigenvalue weighted by molar-refractivity contribution is 6.30. The predicted octanol–water partition coefficient (Wildman–Crippen LogP) is 3.92. The normalized spacial score (nSPS) is 13.4. The molecule has 1 atom stereocenters. The molecule has 7 nitrogen and oxygen atoms in total. The van der Waals surface area contributed by atoms with Crippen molar-refractivity contribution >= 4 is 23.7 Å². The van der Waals surface area contributed by atoms with Crippen molar-refractivity contribution in [3.05, 3.63) is 77.1 Å². The number of aromatic nitrogens is 2. The summed E-state index contributed by atoms with van der Waals surface area (Å²) in [5.41, 5.74) is 4.44. The first kappa shape index (κ1) is 20.0. The van der Waals surface area contributed by atoms with Crippen LogP contribution in [0.4, 0.5) is 4.79 Å². The third kappa shape index (κ3) is 4.16. The summed E-state index contributed by atoms with van der Waals surface area (Å²) in [7, 11) is 0. The third-order valence-corrected chi connectivity index (χ3v) is 5.38. The topological polar surface area (TPSA) is 93.5 Å². The minimum absolute atomic E-state index is 0.0855. The first-order valence-corrected chi connectivity index (χ1v) is 9.93. The molecule has 0 bridgehead atoms. The number of rotatable bonds is 7. The zero-order chi connectivity index (χ0) is 21.1. The second-order valence-electron chi connectivity index (χ2n) is 7.07. The number of carboxylic acids is 1. The van der Waals surface area contributed by atoms with Crippen LogP contribution in [0.1, 0.15) is 23.5 Å². The SMILES string of the molecule is O=C(NC(CCn1cc(Cl)cn1)C(=O)O)OCC1c2ccccc2-c2ccccc21. The molecule has 1 unspecified atom stereocenters. The Hall–Kier alpha value is -3.32. The fraction of sp³-hybridized carbons (Fsp3) is 0.227. The Morgan fingerprint density at radius 3 is 2.33 bits per heavy atom. The highest BCUT2D eigenvalue weighted by atomic mass is 35.5. The molecule has 4 rings (SSSR count). The van der Waals surface area contributed by atoms with Crippen LogP contribution in [-0.4, -0.2) is 39.6 Å². The monoisotopic (exact) mass is 425 g/mol. The minimum atomic E-state index is -1.14. The number of nitrogens with one attached hydrogen (secondary N) is 1. The molecule has 1 amide bonds. The van der Waals surface area contributed by atoms with E-state index in [1.807, 2.05) is 36.4 Å². The molecule has 1 aliphatic carbocycles. The summed E-state index contributed by atoms with van der Waals surface area (Å²) in [6.45, 7) is 0.425. The lowest BCUT2D eigenvalue weighted by molar-refractivity contribution is -0.139. The van der Waals surface area contributed by atoms with Crippen LogP contribution in [0.2, 0.25) is 5.02 Å². The van der Waals surface area contributed by atoms with Crippen LogP contribution in [0.15, 0.2) is 60.9 Å². The highest BCUT2D eigenvalue weighted by Crippen LogP contribution is 2.44. The molecule has 2 N–H and O–H groups in total. The molecule has 0 fully saturated rings. The maximum absolute atomic E-state index is 12.3. The Labute approximate surface area is 178 Å². The molecule has 1 heterocycles. The van der Waals surface area contributed by atoms with Gasteiger partial charge in [-0.3, -0.25) is 4.68 Å². The molecular formula is C22H20ClN3O4. The van der Waals surface area contributed by atoms with Gasteiger partial charge in [-0.15, -0.1) is 0 Å². The number of amides is 1. The smallest absolute Gasteiger partial charge is 0.407 e. The predicted molar refractivity (Wildman–Crippen MR) is 111 cm³/mol. The van der Waals surface area contributed by atoms with Gasteiger partial charge in [-0.05, 0) is 28.7 Å². The molecule has 154 valence electrons.